The first-order valence-electron chi connectivity index (χ1n) is 15.7. The van der Waals surface area contributed by atoms with Gasteiger partial charge in [0.05, 0.1) is 52.5 Å². The number of ether oxygens (including phenoxy) is 7. The molecule has 3 aliphatic heterocycles. The van der Waals surface area contributed by atoms with Gasteiger partial charge in [-0.05, 0) is 73.3 Å². The van der Waals surface area contributed by atoms with Gasteiger partial charge in [0.2, 0.25) is 0 Å². The molecule has 3 aliphatic rings. The third-order valence-electron chi connectivity index (χ3n) is 6.68. The quantitative estimate of drug-likeness (QED) is 0.306. The largest absolute Gasteiger partial charge is 0.385 e. The Hall–Kier alpha value is -0.440. The Kier molecular flexibility index (Phi) is 34.8. The molecule has 0 aromatic carbocycles. The summed E-state index contributed by atoms with van der Waals surface area (Å²) in [7, 11) is 15.0. The molecule has 3 fully saturated rings. The van der Waals surface area contributed by atoms with Gasteiger partial charge in [-0.15, -0.1) is 0 Å². The maximum absolute atomic E-state index is 5.20. The number of rotatable bonds is 12. The van der Waals surface area contributed by atoms with Gasteiger partial charge in [0.15, 0.2) is 0 Å². The lowest BCUT2D eigenvalue weighted by Crippen LogP contribution is -2.38. The molecule has 0 bridgehead atoms. The summed E-state index contributed by atoms with van der Waals surface area (Å²) < 4.78 is 35.0. The van der Waals surface area contributed by atoms with Crippen molar-refractivity contribution < 1.29 is 33.2 Å². The number of piperidine rings is 1. The third kappa shape index (κ3) is 32.5. The van der Waals surface area contributed by atoms with Crippen molar-refractivity contribution in [2.75, 3.05) is 162 Å². The maximum Gasteiger partial charge on any atom is 0.0987 e. The third-order valence-corrected chi connectivity index (χ3v) is 6.68. The molecule has 256 valence electrons. The van der Waals surface area contributed by atoms with Crippen molar-refractivity contribution in [3.8, 4) is 0 Å². The molecule has 3 heterocycles. The van der Waals surface area contributed by atoms with E-state index in [1.54, 1.807) is 35.5 Å². The minimum absolute atomic E-state index is 0.384. The van der Waals surface area contributed by atoms with E-state index in [1.165, 1.54) is 25.9 Å². The standard InChI is InChI=1S/C8H17NO.C7H15NO2.C6H13NO2.C6H15NO.C4H10O/c1-9-5-3-4-8(6-9)7-10-2;1-9-5-2-8-3-6-10-7-4-8;1-8-6-7-2-4-9-5-3-7;1-7(2)5-4-6-8-3;1-4(2)5-3/h8H,3-7H2,1-2H3;2-7H2,1H3;2-6H2,1H3;4-6H2,1-3H3;4H,1-3H3. The number of hydrogen-bond acceptors (Lipinski definition) is 11. The van der Waals surface area contributed by atoms with E-state index in [1.807, 2.05) is 13.8 Å². The summed E-state index contributed by atoms with van der Waals surface area (Å²) in [6.07, 6.45) is 4.20. The van der Waals surface area contributed by atoms with Crippen LogP contribution in [0.1, 0.15) is 33.1 Å². The van der Waals surface area contributed by atoms with Crippen molar-refractivity contribution in [1.82, 2.24) is 19.6 Å². The zero-order chi connectivity index (χ0) is 31.8. The molecular weight excluding hydrogens is 540 g/mol. The maximum atomic E-state index is 5.20. The molecule has 1 atom stereocenters. The van der Waals surface area contributed by atoms with Crippen molar-refractivity contribution in [2.45, 2.75) is 39.2 Å². The van der Waals surface area contributed by atoms with Gasteiger partial charge < -0.3 is 43.0 Å². The van der Waals surface area contributed by atoms with Crippen LogP contribution in [0.4, 0.5) is 0 Å². The van der Waals surface area contributed by atoms with Gasteiger partial charge in [-0.1, -0.05) is 0 Å². The summed E-state index contributed by atoms with van der Waals surface area (Å²) in [6, 6.07) is 0. The van der Waals surface area contributed by atoms with Gasteiger partial charge in [0.1, 0.15) is 0 Å². The second-order valence-electron chi connectivity index (χ2n) is 11.3. The van der Waals surface area contributed by atoms with Crippen LogP contribution in [0.15, 0.2) is 0 Å². The van der Waals surface area contributed by atoms with Crippen LogP contribution < -0.4 is 0 Å². The Morgan fingerprint density at radius 2 is 1.31 bits per heavy atom. The lowest BCUT2D eigenvalue weighted by molar-refractivity contribution is -0.0178. The second-order valence-corrected chi connectivity index (χ2v) is 11.3. The van der Waals surface area contributed by atoms with Crippen LogP contribution in [-0.4, -0.2) is 188 Å². The van der Waals surface area contributed by atoms with Crippen molar-refractivity contribution in [2.24, 2.45) is 5.92 Å². The first kappa shape index (κ1) is 43.7. The van der Waals surface area contributed by atoms with Crippen LogP contribution in [0.5, 0.6) is 0 Å². The van der Waals surface area contributed by atoms with E-state index in [0.717, 1.165) is 105 Å². The Bertz CT molecular complexity index is 505. The molecule has 1 unspecified atom stereocenters. The zero-order valence-electron chi connectivity index (χ0n) is 29.2. The predicted molar refractivity (Wildman–Crippen MR) is 173 cm³/mol. The Balaban J connectivity index is 0. The molecule has 0 spiro atoms. The van der Waals surface area contributed by atoms with Gasteiger partial charge >= 0.3 is 0 Å². The number of likely N-dealkylation sites (tertiary alicyclic amines) is 1. The fraction of sp³-hybridized carbons (Fsp3) is 1.00. The molecule has 0 aliphatic carbocycles. The van der Waals surface area contributed by atoms with Crippen LogP contribution in [0, 0.1) is 5.92 Å². The van der Waals surface area contributed by atoms with Crippen molar-refractivity contribution in [3.05, 3.63) is 0 Å². The summed E-state index contributed by atoms with van der Waals surface area (Å²) in [5, 5.41) is 0. The minimum Gasteiger partial charge on any atom is -0.385 e. The van der Waals surface area contributed by atoms with Crippen molar-refractivity contribution in [1.29, 1.82) is 0 Å². The summed E-state index contributed by atoms with van der Waals surface area (Å²) in [5.41, 5.74) is 0. The van der Waals surface area contributed by atoms with Crippen LogP contribution in [0.25, 0.3) is 0 Å². The number of nitrogens with zero attached hydrogens (tertiary/aromatic N) is 4. The molecule has 3 saturated heterocycles. The van der Waals surface area contributed by atoms with Crippen LogP contribution >= 0.6 is 0 Å². The SMILES string of the molecule is COC(C)C.COCC1CCCN(C)C1.COCCCN(C)C.COCCN1CCOCC1.COCN1CCOCC1. The summed E-state index contributed by atoms with van der Waals surface area (Å²) in [6.45, 7) is 19.6. The summed E-state index contributed by atoms with van der Waals surface area (Å²) >= 11 is 0. The Morgan fingerprint density at radius 3 is 1.74 bits per heavy atom. The van der Waals surface area contributed by atoms with Crippen LogP contribution in [-0.2, 0) is 33.2 Å². The minimum atomic E-state index is 0.384. The molecule has 42 heavy (non-hydrogen) atoms. The molecular formula is C31H70N4O7. The predicted octanol–water partition coefficient (Wildman–Crippen LogP) is 2.49. The van der Waals surface area contributed by atoms with Gasteiger partial charge in [-0.2, -0.15) is 0 Å². The van der Waals surface area contributed by atoms with E-state index in [0.29, 0.717) is 6.10 Å². The molecule has 0 amide bonds. The molecule has 3 rings (SSSR count). The molecule has 0 aromatic heterocycles. The first-order valence-corrected chi connectivity index (χ1v) is 15.7. The summed E-state index contributed by atoms with van der Waals surface area (Å²) in [5.74, 6) is 0.781. The Morgan fingerprint density at radius 1 is 0.762 bits per heavy atom. The van der Waals surface area contributed by atoms with E-state index in [-0.39, 0.29) is 0 Å². The number of methoxy groups -OCH3 is 5. The fourth-order valence-electron chi connectivity index (χ4n) is 4.13. The molecule has 11 heteroatoms. The zero-order valence-corrected chi connectivity index (χ0v) is 29.2. The van der Waals surface area contributed by atoms with Gasteiger partial charge in [0, 0.05) is 81.4 Å². The topological polar surface area (TPSA) is 77.6 Å². The normalized spacial score (nSPS) is 19.9. The average molecular weight is 611 g/mol. The molecule has 0 aromatic rings. The monoisotopic (exact) mass is 611 g/mol. The highest BCUT2D eigenvalue weighted by Crippen LogP contribution is 2.14. The van der Waals surface area contributed by atoms with E-state index in [9.17, 15) is 0 Å². The van der Waals surface area contributed by atoms with E-state index in [4.69, 9.17) is 33.2 Å². The molecule has 0 N–H and O–H groups in total. The lowest BCUT2D eigenvalue weighted by atomic mass is 10.00. The van der Waals surface area contributed by atoms with E-state index < -0.39 is 0 Å². The highest BCUT2D eigenvalue weighted by atomic mass is 16.5. The van der Waals surface area contributed by atoms with Gasteiger partial charge in [-0.3, -0.25) is 9.80 Å². The highest BCUT2D eigenvalue weighted by Gasteiger charge is 2.16. The summed E-state index contributed by atoms with van der Waals surface area (Å²) in [4.78, 5) is 9.11. The van der Waals surface area contributed by atoms with E-state index in [2.05, 4.69) is 40.7 Å². The number of morpholine rings is 2. The molecule has 11 nitrogen and oxygen atoms in total. The lowest BCUT2D eigenvalue weighted by Gasteiger charge is -2.28. The van der Waals surface area contributed by atoms with Gasteiger partial charge in [0.25, 0.3) is 0 Å². The number of hydrogen-bond donors (Lipinski definition) is 0. The Labute approximate surface area is 260 Å². The first-order chi connectivity index (χ1) is 20.2. The van der Waals surface area contributed by atoms with E-state index >= 15 is 0 Å². The van der Waals surface area contributed by atoms with Crippen molar-refractivity contribution >= 4 is 0 Å². The van der Waals surface area contributed by atoms with Crippen LogP contribution in [0.3, 0.4) is 0 Å². The average Bonchev–Trinajstić information content (AvgIpc) is 2.99. The molecule has 0 saturated carbocycles. The molecule has 0 radical (unpaired) electrons. The highest BCUT2D eigenvalue weighted by molar-refractivity contribution is 4.69. The fourth-order valence-corrected chi connectivity index (χ4v) is 4.13. The van der Waals surface area contributed by atoms with Crippen molar-refractivity contribution in [3.63, 3.8) is 0 Å². The van der Waals surface area contributed by atoms with Crippen LogP contribution in [0.2, 0.25) is 0 Å². The van der Waals surface area contributed by atoms with Gasteiger partial charge in [-0.25, -0.2) is 0 Å². The second kappa shape index (κ2) is 33.5. The smallest absolute Gasteiger partial charge is 0.0987 e.